The van der Waals surface area contributed by atoms with Crippen LogP contribution in [0.4, 0.5) is 5.69 Å². The van der Waals surface area contributed by atoms with Gasteiger partial charge < -0.3 is 19.9 Å². The van der Waals surface area contributed by atoms with Crippen LogP contribution in [0.3, 0.4) is 0 Å². The molecule has 0 aromatic heterocycles. The largest absolute Gasteiger partial charge is 0.493 e. The van der Waals surface area contributed by atoms with Crippen molar-refractivity contribution in [2.75, 3.05) is 18.5 Å². The molecule has 3 aliphatic rings. The number of benzene rings is 3. The van der Waals surface area contributed by atoms with Crippen LogP contribution in [0.15, 0.2) is 58.9 Å². The molecule has 8 heteroatoms. The second-order valence-electron chi connectivity index (χ2n) is 13.1. The number of ether oxygens (including phenoxy) is 2. The molecule has 0 saturated heterocycles. The van der Waals surface area contributed by atoms with Crippen LogP contribution >= 0.6 is 0 Å². The first-order chi connectivity index (χ1) is 20.6. The lowest BCUT2D eigenvalue weighted by atomic mass is 9.86. The van der Waals surface area contributed by atoms with E-state index in [0.29, 0.717) is 31.0 Å². The molecular weight excluding hydrogens is 538 g/mol. The fourth-order valence-corrected chi connectivity index (χ4v) is 7.01. The highest BCUT2D eigenvalue weighted by molar-refractivity contribution is 5.75. The van der Waals surface area contributed by atoms with Crippen molar-refractivity contribution < 1.29 is 14.6 Å². The molecule has 1 aliphatic heterocycles. The Bertz CT molecular complexity index is 1480. The molecule has 1 fully saturated rings. The monoisotopic (exact) mass is 583 g/mol. The van der Waals surface area contributed by atoms with Gasteiger partial charge >= 0.3 is 0 Å². The number of hydrazine groups is 1. The Labute approximate surface area is 255 Å². The minimum atomic E-state index is -1.11. The standard InChI is InChI=1S/C35H45N5O3/c1-22-16-28(42-14-7-15-43-34(4,5)41)17-23(2)33(22)29-9-6-8-25(24(29)3)21-36-27-10-11-30-26(18-27)20-35(12-13-35)31(30)19-32-37-39-40-38-32/h6,8-11,16-18,31-32,36,41H,7,12-15,19-21H2,1-5H3,(H,37,40)(H,38,39). The van der Waals surface area contributed by atoms with Crippen LogP contribution in [0.25, 0.3) is 11.1 Å². The van der Waals surface area contributed by atoms with Crippen LogP contribution in [0.2, 0.25) is 0 Å². The van der Waals surface area contributed by atoms with Gasteiger partial charge in [0.2, 0.25) is 0 Å². The highest BCUT2D eigenvalue weighted by atomic mass is 16.6. The maximum absolute atomic E-state index is 9.70. The van der Waals surface area contributed by atoms with Gasteiger partial charge in [0.15, 0.2) is 5.79 Å². The molecule has 3 aromatic carbocycles. The molecule has 1 saturated carbocycles. The molecule has 228 valence electrons. The van der Waals surface area contributed by atoms with Gasteiger partial charge in [0, 0.05) is 18.7 Å². The Kier molecular flexibility index (Phi) is 8.20. The summed E-state index contributed by atoms with van der Waals surface area (Å²) in [5.41, 5.74) is 18.0. The molecule has 3 aromatic rings. The second-order valence-corrected chi connectivity index (χ2v) is 13.1. The van der Waals surface area contributed by atoms with E-state index in [4.69, 9.17) is 9.47 Å². The van der Waals surface area contributed by atoms with Gasteiger partial charge in [-0.1, -0.05) is 29.5 Å². The number of hydrogen-bond acceptors (Lipinski definition) is 8. The van der Waals surface area contributed by atoms with Crippen LogP contribution in [0, 0.1) is 26.2 Å². The molecule has 8 nitrogen and oxygen atoms in total. The number of rotatable bonds is 12. The van der Waals surface area contributed by atoms with Crippen molar-refractivity contribution in [3.05, 3.63) is 81.9 Å². The minimum Gasteiger partial charge on any atom is -0.493 e. The molecule has 1 heterocycles. The highest BCUT2D eigenvalue weighted by Crippen LogP contribution is 2.64. The van der Waals surface area contributed by atoms with Crippen molar-refractivity contribution in [2.45, 2.75) is 91.1 Å². The average molecular weight is 584 g/mol. The van der Waals surface area contributed by atoms with E-state index < -0.39 is 5.79 Å². The number of nitrogens with zero attached hydrogens (tertiary/aromatic N) is 2. The summed E-state index contributed by atoms with van der Waals surface area (Å²) in [6, 6.07) is 17.8. The topological polar surface area (TPSA) is 99.5 Å². The molecule has 6 rings (SSSR count). The molecule has 0 amide bonds. The van der Waals surface area contributed by atoms with Gasteiger partial charge in [-0.3, -0.25) is 0 Å². The third-order valence-corrected chi connectivity index (χ3v) is 9.35. The number of hydrogen-bond donors (Lipinski definition) is 4. The maximum atomic E-state index is 9.70. The van der Waals surface area contributed by atoms with Crippen LogP contribution < -0.4 is 21.0 Å². The molecule has 0 bridgehead atoms. The quantitative estimate of drug-likeness (QED) is 0.135. The summed E-state index contributed by atoms with van der Waals surface area (Å²) >= 11 is 0. The fraction of sp³-hybridized carbons (Fsp3) is 0.486. The third kappa shape index (κ3) is 6.56. The van der Waals surface area contributed by atoms with Crippen LogP contribution in [-0.2, 0) is 17.7 Å². The summed E-state index contributed by atoms with van der Waals surface area (Å²) in [5.74, 6) is 0.299. The van der Waals surface area contributed by atoms with Crippen molar-refractivity contribution in [3.8, 4) is 16.9 Å². The first-order valence-corrected chi connectivity index (χ1v) is 15.6. The first-order valence-electron chi connectivity index (χ1n) is 15.6. The van der Waals surface area contributed by atoms with Crippen molar-refractivity contribution >= 4 is 5.69 Å². The number of anilines is 1. The summed E-state index contributed by atoms with van der Waals surface area (Å²) in [4.78, 5) is 0. The van der Waals surface area contributed by atoms with E-state index in [2.05, 4.69) is 95.9 Å². The molecule has 4 N–H and O–H groups in total. The van der Waals surface area contributed by atoms with Gasteiger partial charge in [0.05, 0.1) is 13.2 Å². The highest BCUT2D eigenvalue weighted by Gasteiger charge is 2.54. The Hall–Kier alpha value is -3.46. The average Bonchev–Trinajstić information content (AvgIpc) is 3.40. The van der Waals surface area contributed by atoms with Crippen LogP contribution in [0.5, 0.6) is 5.75 Å². The molecular formula is C35H45N5O3. The Morgan fingerprint density at radius 3 is 2.53 bits per heavy atom. The van der Waals surface area contributed by atoms with E-state index in [9.17, 15) is 5.11 Å². The third-order valence-electron chi connectivity index (χ3n) is 9.35. The minimum absolute atomic E-state index is 0.0581. The molecule has 2 aliphatic carbocycles. The van der Waals surface area contributed by atoms with E-state index in [1.165, 1.54) is 69.5 Å². The molecule has 2 unspecified atom stereocenters. The molecule has 2 atom stereocenters. The van der Waals surface area contributed by atoms with E-state index in [1.54, 1.807) is 13.8 Å². The summed E-state index contributed by atoms with van der Waals surface area (Å²) in [5, 5.41) is 21.6. The van der Waals surface area contributed by atoms with Gasteiger partial charge in [-0.2, -0.15) is 5.43 Å². The fourth-order valence-electron chi connectivity index (χ4n) is 7.01. The predicted molar refractivity (Wildman–Crippen MR) is 170 cm³/mol. The van der Waals surface area contributed by atoms with Crippen molar-refractivity contribution in [1.82, 2.24) is 11.0 Å². The zero-order valence-electron chi connectivity index (χ0n) is 26.1. The van der Waals surface area contributed by atoms with Crippen LogP contribution in [0.1, 0.15) is 78.8 Å². The second kappa shape index (κ2) is 11.9. The lowest BCUT2D eigenvalue weighted by Crippen LogP contribution is -2.32. The summed E-state index contributed by atoms with van der Waals surface area (Å²) in [6.45, 7) is 11.6. The SMILES string of the molecule is Cc1cc(OCCCOC(C)(C)O)cc(C)c1-c1cccc(CNc2ccc3c(c2)CC2(CC2)C3CC2N=NNN2)c1C. The van der Waals surface area contributed by atoms with E-state index in [0.717, 1.165) is 18.7 Å². The zero-order valence-corrected chi connectivity index (χ0v) is 26.1. The predicted octanol–water partition coefficient (Wildman–Crippen LogP) is 7.02. The smallest absolute Gasteiger partial charge is 0.159 e. The van der Waals surface area contributed by atoms with Gasteiger partial charge in [-0.05, 0) is 140 Å². The maximum Gasteiger partial charge on any atom is 0.159 e. The summed E-state index contributed by atoms with van der Waals surface area (Å²) in [7, 11) is 0. The number of aryl methyl sites for hydroxylation is 2. The van der Waals surface area contributed by atoms with Crippen molar-refractivity contribution in [1.29, 1.82) is 0 Å². The zero-order chi connectivity index (χ0) is 30.2. The number of aliphatic hydroxyl groups is 1. The summed E-state index contributed by atoms with van der Waals surface area (Å²) in [6.07, 6.45) is 5.55. The molecule has 1 spiro atoms. The molecule has 0 radical (unpaired) electrons. The summed E-state index contributed by atoms with van der Waals surface area (Å²) < 4.78 is 11.4. The number of fused-ring (bicyclic) bond motifs is 1. The van der Waals surface area contributed by atoms with Gasteiger partial charge in [0.1, 0.15) is 11.9 Å². The van der Waals surface area contributed by atoms with Gasteiger partial charge in [-0.15, -0.1) is 5.11 Å². The van der Waals surface area contributed by atoms with Gasteiger partial charge in [-0.25, -0.2) is 5.53 Å². The molecule has 43 heavy (non-hydrogen) atoms. The van der Waals surface area contributed by atoms with E-state index in [-0.39, 0.29) is 6.17 Å². The Balaban J connectivity index is 1.11. The van der Waals surface area contributed by atoms with Crippen LogP contribution in [-0.4, -0.2) is 30.3 Å². The van der Waals surface area contributed by atoms with E-state index >= 15 is 0 Å². The lowest BCUT2D eigenvalue weighted by molar-refractivity contribution is -0.176. The number of nitrogens with one attached hydrogen (secondary N) is 3. The Morgan fingerprint density at radius 2 is 1.84 bits per heavy atom. The van der Waals surface area contributed by atoms with Gasteiger partial charge in [0.25, 0.3) is 0 Å². The lowest BCUT2D eigenvalue weighted by Gasteiger charge is -2.21. The van der Waals surface area contributed by atoms with Crippen molar-refractivity contribution in [2.24, 2.45) is 15.8 Å². The first kappa shape index (κ1) is 29.6. The van der Waals surface area contributed by atoms with Crippen molar-refractivity contribution in [3.63, 3.8) is 0 Å². The Morgan fingerprint density at radius 1 is 1.05 bits per heavy atom. The van der Waals surface area contributed by atoms with E-state index in [1.807, 2.05) is 0 Å². The normalized spacial score (nSPS) is 19.9.